The second-order valence-electron chi connectivity index (χ2n) is 5.61. The monoisotopic (exact) mass is 379 g/mol. The van der Waals surface area contributed by atoms with Crippen LogP contribution in [-0.2, 0) is 9.53 Å². The van der Waals surface area contributed by atoms with Crippen LogP contribution in [0.1, 0.15) is 5.56 Å². The molecule has 3 aromatic heterocycles. The maximum absolute atomic E-state index is 12.5. The van der Waals surface area contributed by atoms with Crippen LogP contribution in [0.25, 0.3) is 21.6 Å². The minimum atomic E-state index is -0.473. The highest BCUT2D eigenvalue weighted by Crippen LogP contribution is 2.26. The first-order valence-corrected chi connectivity index (χ1v) is 8.68. The Hall–Kier alpha value is -3.59. The van der Waals surface area contributed by atoms with Crippen LogP contribution in [0.2, 0.25) is 0 Å². The molecule has 0 saturated carbocycles. The first-order chi connectivity index (χ1) is 13.1. The minimum Gasteiger partial charge on any atom is -0.493 e. The standard InChI is InChI=1S/C18H13N5O3S/c1-26-14-8-10(4-5-13(14)24)7-12-15(19)23-18(21-16(12)25)27-17(22-23)11-3-2-6-20-9-11/h2-9H,19H2,1H3. The zero-order valence-electron chi connectivity index (χ0n) is 14.1. The lowest BCUT2D eigenvalue weighted by Gasteiger charge is -2.08. The van der Waals surface area contributed by atoms with Crippen LogP contribution >= 0.6 is 11.3 Å². The summed E-state index contributed by atoms with van der Waals surface area (Å²) in [5, 5.41) is 5.10. The number of pyridine rings is 1. The molecule has 0 saturated heterocycles. The number of methoxy groups -OCH3 is 1. The normalized spacial score (nSPS) is 15.4. The van der Waals surface area contributed by atoms with E-state index in [4.69, 9.17) is 10.5 Å². The Morgan fingerprint density at radius 2 is 2.15 bits per heavy atom. The summed E-state index contributed by atoms with van der Waals surface area (Å²) in [5.41, 5.74) is 7.31. The predicted octanol–water partition coefficient (Wildman–Crippen LogP) is 1.85. The summed E-state index contributed by atoms with van der Waals surface area (Å²) < 4.78 is 6.46. The van der Waals surface area contributed by atoms with E-state index in [9.17, 15) is 9.59 Å². The number of carbonyl (C=O) groups is 1. The van der Waals surface area contributed by atoms with Gasteiger partial charge in [-0.3, -0.25) is 14.6 Å². The van der Waals surface area contributed by atoms with Crippen LogP contribution < -0.4 is 11.3 Å². The van der Waals surface area contributed by atoms with E-state index in [-0.39, 0.29) is 22.9 Å². The molecule has 1 aliphatic carbocycles. The van der Waals surface area contributed by atoms with Crippen LogP contribution in [-0.4, -0.2) is 32.5 Å². The zero-order chi connectivity index (χ0) is 19.0. The molecule has 134 valence electrons. The lowest BCUT2D eigenvalue weighted by molar-refractivity contribution is -0.114. The molecule has 0 fully saturated rings. The maximum Gasteiger partial charge on any atom is 0.283 e. The molecule has 1 aliphatic rings. The van der Waals surface area contributed by atoms with Gasteiger partial charge in [0.05, 0.1) is 12.7 Å². The van der Waals surface area contributed by atoms with Gasteiger partial charge in [-0.2, -0.15) is 14.6 Å². The first-order valence-electron chi connectivity index (χ1n) is 7.86. The van der Waals surface area contributed by atoms with Gasteiger partial charge in [0, 0.05) is 18.0 Å². The number of hydrogen-bond donors (Lipinski definition) is 1. The zero-order valence-corrected chi connectivity index (χ0v) is 14.9. The number of hydrogen-bond acceptors (Lipinski definition) is 8. The van der Waals surface area contributed by atoms with Crippen LogP contribution in [0.4, 0.5) is 5.82 Å². The van der Waals surface area contributed by atoms with E-state index in [1.54, 1.807) is 30.6 Å². The van der Waals surface area contributed by atoms with Crippen molar-refractivity contribution < 1.29 is 9.53 Å². The molecular weight excluding hydrogens is 366 g/mol. The largest absolute Gasteiger partial charge is 0.493 e. The summed E-state index contributed by atoms with van der Waals surface area (Å²) in [6, 6.07) is 3.66. The number of allylic oxidation sites excluding steroid dienone is 4. The molecule has 9 heteroatoms. The van der Waals surface area contributed by atoms with Gasteiger partial charge >= 0.3 is 0 Å². The number of ketones is 1. The molecule has 0 unspecified atom stereocenters. The summed E-state index contributed by atoms with van der Waals surface area (Å²) in [7, 11) is 1.41. The third-order valence-electron chi connectivity index (χ3n) is 3.90. The van der Waals surface area contributed by atoms with Crippen LogP contribution in [0.15, 0.2) is 58.9 Å². The molecule has 0 bridgehead atoms. The van der Waals surface area contributed by atoms with Crippen LogP contribution in [0, 0.1) is 0 Å². The van der Waals surface area contributed by atoms with Crippen molar-refractivity contribution in [2.24, 2.45) is 0 Å². The number of anilines is 1. The van der Waals surface area contributed by atoms with Gasteiger partial charge in [0.25, 0.3) is 5.56 Å². The van der Waals surface area contributed by atoms with Crippen LogP contribution in [0.5, 0.6) is 0 Å². The highest BCUT2D eigenvalue weighted by Gasteiger charge is 2.16. The van der Waals surface area contributed by atoms with Crippen molar-refractivity contribution in [2.45, 2.75) is 0 Å². The fraction of sp³-hybridized carbons (Fsp3) is 0.0556. The Balaban J connectivity index is 1.84. The molecule has 2 N–H and O–H groups in total. The van der Waals surface area contributed by atoms with E-state index < -0.39 is 5.56 Å². The van der Waals surface area contributed by atoms with E-state index in [0.717, 1.165) is 5.56 Å². The molecule has 4 rings (SSSR count). The molecule has 0 radical (unpaired) electrons. The van der Waals surface area contributed by atoms with Gasteiger partial charge in [0.15, 0.2) is 5.76 Å². The number of rotatable bonds is 3. The van der Waals surface area contributed by atoms with Gasteiger partial charge in [0.2, 0.25) is 10.7 Å². The maximum atomic E-state index is 12.5. The minimum absolute atomic E-state index is 0.168. The SMILES string of the molecule is COC1=CC(=Cc2c(N)n3nc(-c4cccnc4)sc3nc2=O)C=CC1=O. The second-order valence-corrected chi connectivity index (χ2v) is 6.57. The van der Waals surface area contributed by atoms with Gasteiger partial charge in [-0.1, -0.05) is 17.4 Å². The molecule has 0 amide bonds. The van der Waals surface area contributed by atoms with Crippen molar-refractivity contribution in [3.63, 3.8) is 0 Å². The molecule has 0 aliphatic heterocycles. The summed E-state index contributed by atoms with van der Waals surface area (Å²) in [6.07, 6.45) is 9.39. The Morgan fingerprint density at radius 1 is 1.30 bits per heavy atom. The molecule has 3 aromatic rings. The lowest BCUT2D eigenvalue weighted by Crippen LogP contribution is -2.17. The number of nitrogens with zero attached hydrogens (tertiary/aromatic N) is 4. The van der Waals surface area contributed by atoms with Crippen molar-refractivity contribution in [2.75, 3.05) is 12.8 Å². The fourth-order valence-electron chi connectivity index (χ4n) is 2.56. The second kappa shape index (κ2) is 6.61. The summed E-state index contributed by atoms with van der Waals surface area (Å²) in [4.78, 5) is 32.6. The van der Waals surface area contributed by atoms with E-state index in [1.807, 2.05) is 6.07 Å². The van der Waals surface area contributed by atoms with E-state index in [2.05, 4.69) is 15.1 Å². The van der Waals surface area contributed by atoms with E-state index in [1.165, 1.54) is 35.1 Å². The molecule has 27 heavy (non-hydrogen) atoms. The number of fused-ring (bicyclic) bond motifs is 1. The summed E-state index contributed by atoms with van der Waals surface area (Å²) in [5.74, 6) is 0.110. The lowest BCUT2D eigenvalue weighted by atomic mass is 10.0. The van der Waals surface area contributed by atoms with Gasteiger partial charge < -0.3 is 10.5 Å². The highest BCUT2D eigenvalue weighted by atomic mass is 32.1. The molecule has 0 spiro atoms. The van der Waals surface area contributed by atoms with Crippen molar-refractivity contribution in [1.82, 2.24) is 19.6 Å². The van der Waals surface area contributed by atoms with Gasteiger partial charge in [-0.15, -0.1) is 0 Å². The average molecular weight is 379 g/mol. The van der Waals surface area contributed by atoms with Crippen molar-refractivity contribution in [3.05, 3.63) is 70.0 Å². The van der Waals surface area contributed by atoms with Crippen molar-refractivity contribution >= 4 is 34.0 Å². The smallest absolute Gasteiger partial charge is 0.283 e. The van der Waals surface area contributed by atoms with Gasteiger partial charge in [-0.05, 0) is 35.9 Å². The topological polar surface area (TPSA) is 112 Å². The number of ether oxygens (including phenoxy) is 1. The van der Waals surface area contributed by atoms with Crippen molar-refractivity contribution in [1.29, 1.82) is 0 Å². The Labute approximate surface area is 157 Å². The number of nitrogen functional groups attached to an aromatic ring is 1. The van der Waals surface area contributed by atoms with Crippen LogP contribution in [0.3, 0.4) is 0 Å². The molecule has 8 nitrogen and oxygen atoms in total. The Kier molecular flexibility index (Phi) is 4.13. The Morgan fingerprint density at radius 3 is 2.89 bits per heavy atom. The molecular formula is C18H13N5O3S. The Bertz CT molecular complexity index is 1200. The number of aromatic nitrogens is 4. The third kappa shape index (κ3) is 3.04. The molecule has 0 aromatic carbocycles. The summed E-state index contributed by atoms with van der Waals surface area (Å²) >= 11 is 1.25. The van der Waals surface area contributed by atoms with E-state index >= 15 is 0 Å². The predicted molar refractivity (Wildman–Crippen MR) is 102 cm³/mol. The number of nitrogens with two attached hydrogens (primary N) is 1. The summed E-state index contributed by atoms with van der Waals surface area (Å²) in [6.45, 7) is 0. The fourth-order valence-corrected chi connectivity index (χ4v) is 3.45. The third-order valence-corrected chi connectivity index (χ3v) is 4.86. The van der Waals surface area contributed by atoms with E-state index in [0.29, 0.717) is 15.5 Å². The quantitative estimate of drug-likeness (QED) is 0.739. The van der Waals surface area contributed by atoms with Gasteiger partial charge in [-0.25, -0.2) is 0 Å². The average Bonchev–Trinajstić information content (AvgIpc) is 3.11. The number of carbonyl (C=O) groups excluding carboxylic acids is 1. The molecule has 3 heterocycles. The first kappa shape index (κ1) is 16.9. The molecule has 0 atom stereocenters. The van der Waals surface area contributed by atoms with Crippen molar-refractivity contribution in [3.8, 4) is 10.6 Å². The highest BCUT2D eigenvalue weighted by molar-refractivity contribution is 7.19. The van der Waals surface area contributed by atoms with Gasteiger partial charge in [0.1, 0.15) is 10.8 Å².